The zero-order valence-corrected chi connectivity index (χ0v) is 11.4. The van der Waals surface area contributed by atoms with E-state index in [4.69, 9.17) is 0 Å². The summed E-state index contributed by atoms with van der Waals surface area (Å²) in [5.41, 5.74) is 0. The van der Waals surface area contributed by atoms with E-state index in [1.165, 1.54) is 19.3 Å². The fraction of sp³-hybridized carbons (Fsp3) is 0.929. The maximum absolute atomic E-state index is 11.9. The third-order valence-electron chi connectivity index (χ3n) is 3.72. The van der Waals surface area contributed by atoms with E-state index in [1.807, 2.05) is 0 Å². The van der Waals surface area contributed by atoms with Gasteiger partial charge in [-0.2, -0.15) is 0 Å². The van der Waals surface area contributed by atoms with Crippen LogP contribution < -0.4 is 10.6 Å². The minimum atomic E-state index is 0.264. The van der Waals surface area contributed by atoms with Crippen molar-refractivity contribution in [2.75, 3.05) is 13.1 Å². The monoisotopic (exact) mass is 240 g/mol. The molecule has 0 spiro atoms. The molecule has 0 saturated carbocycles. The van der Waals surface area contributed by atoms with Crippen LogP contribution in [-0.4, -0.2) is 25.0 Å². The van der Waals surface area contributed by atoms with Crippen LogP contribution in [-0.2, 0) is 4.79 Å². The molecule has 1 heterocycles. The first-order valence-corrected chi connectivity index (χ1v) is 7.26. The number of carbonyl (C=O) groups is 1. The van der Waals surface area contributed by atoms with E-state index in [2.05, 4.69) is 24.5 Å². The fourth-order valence-corrected chi connectivity index (χ4v) is 2.46. The second-order valence-electron chi connectivity index (χ2n) is 5.21. The molecular weight excluding hydrogens is 212 g/mol. The summed E-state index contributed by atoms with van der Waals surface area (Å²) < 4.78 is 0. The zero-order chi connectivity index (χ0) is 12.5. The van der Waals surface area contributed by atoms with Gasteiger partial charge in [0.05, 0.1) is 0 Å². The van der Waals surface area contributed by atoms with Crippen LogP contribution in [0.15, 0.2) is 0 Å². The SMILES string of the molecule is CCCCC(CC)CC(=O)NC1CCNCC1. The molecule has 0 aromatic carbocycles. The Balaban J connectivity index is 2.21. The summed E-state index contributed by atoms with van der Waals surface area (Å²) >= 11 is 0. The largest absolute Gasteiger partial charge is 0.353 e. The van der Waals surface area contributed by atoms with Crippen LogP contribution in [0.3, 0.4) is 0 Å². The maximum atomic E-state index is 11.9. The van der Waals surface area contributed by atoms with E-state index >= 15 is 0 Å². The van der Waals surface area contributed by atoms with Crippen LogP contribution in [0.2, 0.25) is 0 Å². The molecule has 17 heavy (non-hydrogen) atoms. The first-order valence-electron chi connectivity index (χ1n) is 7.26. The minimum absolute atomic E-state index is 0.264. The lowest BCUT2D eigenvalue weighted by Gasteiger charge is -2.24. The summed E-state index contributed by atoms with van der Waals surface area (Å²) in [7, 11) is 0. The van der Waals surface area contributed by atoms with Crippen molar-refractivity contribution in [1.82, 2.24) is 10.6 Å². The molecule has 0 bridgehead atoms. The number of hydrogen-bond acceptors (Lipinski definition) is 2. The average molecular weight is 240 g/mol. The van der Waals surface area contributed by atoms with Crippen molar-refractivity contribution >= 4 is 5.91 Å². The van der Waals surface area contributed by atoms with Gasteiger partial charge in [-0.1, -0.05) is 33.1 Å². The molecule has 1 atom stereocenters. The highest BCUT2D eigenvalue weighted by molar-refractivity contribution is 5.76. The molecule has 0 aliphatic carbocycles. The average Bonchev–Trinajstić information content (AvgIpc) is 2.35. The Morgan fingerprint density at radius 1 is 1.35 bits per heavy atom. The molecule has 2 N–H and O–H groups in total. The lowest BCUT2D eigenvalue weighted by Crippen LogP contribution is -2.43. The first-order chi connectivity index (χ1) is 8.26. The number of unbranched alkanes of at least 4 members (excludes halogenated alkanes) is 1. The number of hydrogen-bond donors (Lipinski definition) is 2. The summed E-state index contributed by atoms with van der Waals surface area (Å²) in [5, 5.41) is 6.50. The molecule has 1 aliphatic heterocycles. The van der Waals surface area contributed by atoms with Crippen molar-refractivity contribution in [3.63, 3.8) is 0 Å². The lowest BCUT2D eigenvalue weighted by atomic mass is 9.95. The van der Waals surface area contributed by atoms with E-state index in [-0.39, 0.29) is 5.91 Å². The highest BCUT2D eigenvalue weighted by Gasteiger charge is 2.17. The van der Waals surface area contributed by atoms with Gasteiger partial charge in [0, 0.05) is 12.5 Å². The third kappa shape index (κ3) is 6.06. The Kier molecular flexibility index (Phi) is 7.25. The van der Waals surface area contributed by atoms with Crippen molar-refractivity contribution in [2.45, 2.75) is 64.8 Å². The highest BCUT2D eigenvalue weighted by atomic mass is 16.1. The van der Waals surface area contributed by atoms with E-state index in [1.54, 1.807) is 0 Å². The van der Waals surface area contributed by atoms with E-state index < -0.39 is 0 Å². The maximum Gasteiger partial charge on any atom is 0.220 e. The molecule has 1 aliphatic rings. The molecule has 100 valence electrons. The van der Waals surface area contributed by atoms with Crippen molar-refractivity contribution in [3.05, 3.63) is 0 Å². The summed E-state index contributed by atoms with van der Waals surface area (Å²) in [6, 6.07) is 0.410. The normalized spacial score (nSPS) is 18.9. The van der Waals surface area contributed by atoms with Gasteiger partial charge in [0.25, 0.3) is 0 Å². The molecule has 1 rings (SSSR count). The third-order valence-corrected chi connectivity index (χ3v) is 3.72. The van der Waals surface area contributed by atoms with Gasteiger partial charge < -0.3 is 10.6 Å². The Morgan fingerprint density at radius 3 is 2.65 bits per heavy atom. The molecule has 0 aromatic rings. The van der Waals surface area contributed by atoms with Crippen molar-refractivity contribution < 1.29 is 4.79 Å². The van der Waals surface area contributed by atoms with Crippen LogP contribution >= 0.6 is 0 Å². The number of carbonyl (C=O) groups excluding carboxylic acids is 1. The first kappa shape index (κ1) is 14.5. The van der Waals surface area contributed by atoms with Crippen molar-refractivity contribution in [3.8, 4) is 0 Å². The standard InChI is InChI=1S/C14H28N2O/c1-3-5-6-12(4-2)11-14(17)16-13-7-9-15-10-8-13/h12-13,15H,3-11H2,1-2H3,(H,16,17). The molecule has 1 saturated heterocycles. The minimum Gasteiger partial charge on any atom is -0.353 e. The topological polar surface area (TPSA) is 41.1 Å². The van der Waals surface area contributed by atoms with Gasteiger partial charge in [0.1, 0.15) is 0 Å². The molecule has 0 aromatic heterocycles. The highest BCUT2D eigenvalue weighted by Crippen LogP contribution is 2.16. The van der Waals surface area contributed by atoms with Crippen LogP contribution in [0.25, 0.3) is 0 Å². The van der Waals surface area contributed by atoms with Crippen LogP contribution in [0.5, 0.6) is 0 Å². The van der Waals surface area contributed by atoms with Crippen LogP contribution in [0, 0.1) is 5.92 Å². The zero-order valence-electron chi connectivity index (χ0n) is 11.4. The molecule has 1 fully saturated rings. The quantitative estimate of drug-likeness (QED) is 0.718. The van der Waals surface area contributed by atoms with Gasteiger partial charge in [-0.15, -0.1) is 0 Å². The fourth-order valence-electron chi connectivity index (χ4n) is 2.46. The summed E-state index contributed by atoms with van der Waals surface area (Å²) in [5.74, 6) is 0.844. The van der Waals surface area contributed by atoms with Gasteiger partial charge in [-0.05, 0) is 38.3 Å². The molecule has 1 amide bonds. The number of amides is 1. The predicted octanol–water partition coefficient (Wildman–Crippen LogP) is 2.46. The second-order valence-corrected chi connectivity index (χ2v) is 5.21. The molecular formula is C14H28N2O. The van der Waals surface area contributed by atoms with Gasteiger partial charge in [-0.3, -0.25) is 4.79 Å². The Labute approximate surface area is 106 Å². The van der Waals surface area contributed by atoms with Crippen molar-refractivity contribution in [1.29, 1.82) is 0 Å². The van der Waals surface area contributed by atoms with Gasteiger partial charge >= 0.3 is 0 Å². The molecule has 0 radical (unpaired) electrons. The molecule has 3 heteroatoms. The van der Waals surface area contributed by atoms with Gasteiger partial charge in [0.2, 0.25) is 5.91 Å². The summed E-state index contributed by atoms with van der Waals surface area (Å²) in [4.78, 5) is 11.9. The summed E-state index contributed by atoms with van der Waals surface area (Å²) in [6.45, 7) is 6.48. The van der Waals surface area contributed by atoms with E-state index in [0.717, 1.165) is 38.8 Å². The van der Waals surface area contributed by atoms with E-state index in [9.17, 15) is 4.79 Å². The molecule has 3 nitrogen and oxygen atoms in total. The summed E-state index contributed by atoms with van der Waals surface area (Å²) in [6.07, 6.45) is 7.69. The van der Waals surface area contributed by atoms with E-state index in [0.29, 0.717) is 12.0 Å². The second kappa shape index (κ2) is 8.51. The van der Waals surface area contributed by atoms with Gasteiger partial charge in [0.15, 0.2) is 0 Å². The smallest absolute Gasteiger partial charge is 0.220 e. The number of rotatable bonds is 7. The Bertz CT molecular complexity index is 212. The lowest BCUT2D eigenvalue weighted by molar-refractivity contribution is -0.123. The Morgan fingerprint density at radius 2 is 2.06 bits per heavy atom. The number of piperidine rings is 1. The Hall–Kier alpha value is -0.570. The van der Waals surface area contributed by atoms with Crippen LogP contribution in [0.1, 0.15) is 58.8 Å². The molecule has 1 unspecified atom stereocenters. The van der Waals surface area contributed by atoms with Gasteiger partial charge in [-0.25, -0.2) is 0 Å². The number of nitrogens with one attached hydrogen (secondary N) is 2. The van der Waals surface area contributed by atoms with Crippen LogP contribution in [0.4, 0.5) is 0 Å². The van der Waals surface area contributed by atoms with Crippen molar-refractivity contribution in [2.24, 2.45) is 5.92 Å². The predicted molar refractivity (Wildman–Crippen MR) is 72.0 cm³/mol.